The van der Waals surface area contributed by atoms with E-state index in [1.165, 1.54) is 0 Å². The fourth-order valence-electron chi connectivity index (χ4n) is 4.46. The number of Topliss-reactive ketones (excluding diaryl/α,β-unsaturated/α-hetero) is 1. The summed E-state index contributed by atoms with van der Waals surface area (Å²) in [6, 6.07) is 5.20. The zero-order chi connectivity index (χ0) is 20.1. The maximum atomic E-state index is 12.8. The van der Waals surface area contributed by atoms with Gasteiger partial charge in [-0.3, -0.25) is 4.79 Å². The Balaban J connectivity index is 1.39. The van der Waals surface area contributed by atoms with Gasteiger partial charge in [0.05, 0.1) is 5.02 Å². The van der Waals surface area contributed by atoms with Crippen LogP contribution in [0.2, 0.25) is 10.0 Å². The van der Waals surface area contributed by atoms with Crippen molar-refractivity contribution in [1.29, 1.82) is 0 Å². The van der Waals surface area contributed by atoms with Gasteiger partial charge in [0.2, 0.25) is 0 Å². The number of hydrogen-bond donors (Lipinski definition) is 2. The summed E-state index contributed by atoms with van der Waals surface area (Å²) in [4.78, 5) is 25.9. The van der Waals surface area contributed by atoms with Crippen LogP contribution in [0.3, 0.4) is 0 Å². The summed E-state index contributed by atoms with van der Waals surface area (Å²) in [5.74, 6) is 0.845. The second-order valence-electron chi connectivity index (χ2n) is 8.06. The summed E-state index contributed by atoms with van der Waals surface area (Å²) < 4.78 is 0. The van der Waals surface area contributed by atoms with Crippen molar-refractivity contribution in [2.24, 2.45) is 11.8 Å². The summed E-state index contributed by atoms with van der Waals surface area (Å²) in [5.41, 5.74) is 0.580. The van der Waals surface area contributed by atoms with Crippen LogP contribution in [0.4, 0.5) is 4.79 Å². The molecule has 28 heavy (non-hydrogen) atoms. The third-order valence-corrected chi connectivity index (χ3v) is 6.73. The molecule has 0 atom stereocenters. The van der Waals surface area contributed by atoms with Crippen molar-refractivity contribution in [2.45, 2.75) is 51.0 Å². The van der Waals surface area contributed by atoms with Crippen molar-refractivity contribution in [2.75, 3.05) is 19.6 Å². The van der Waals surface area contributed by atoms with E-state index in [0.29, 0.717) is 21.5 Å². The molecule has 0 aromatic heterocycles. The Kier molecular flexibility index (Phi) is 7.61. The van der Waals surface area contributed by atoms with Crippen LogP contribution >= 0.6 is 23.2 Å². The predicted octanol–water partition coefficient (Wildman–Crippen LogP) is 5.10. The standard InChI is InChI=1S/C21H28Cl2N2O3/c22-16-3-6-18(19(23)13-16)20(26)15-8-11-25(12-9-15)10-7-14-1-4-17(5-2-14)24-21(27)28/h3,6,13-15,17,24H,1-2,4-5,7-12H2,(H,27,28). The SMILES string of the molecule is O=C(O)NC1CCC(CCN2CCC(C(=O)c3ccc(Cl)cc3Cl)CC2)CC1. The molecule has 1 heterocycles. The number of piperidine rings is 1. The summed E-state index contributed by atoms with van der Waals surface area (Å²) in [7, 11) is 0. The highest BCUT2D eigenvalue weighted by molar-refractivity contribution is 6.36. The van der Waals surface area contributed by atoms with Crippen molar-refractivity contribution in [3.8, 4) is 0 Å². The summed E-state index contributed by atoms with van der Waals surface area (Å²) in [5, 5.41) is 12.4. The van der Waals surface area contributed by atoms with E-state index in [4.69, 9.17) is 28.3 Å². The maximum absolute atomic E-state index is 12.8. The number of halogens is 2. The minimum Gasteiger partial charge on any atom is -0.465 e. The molecule has 5 nitrogen and oxygen atoms in total. The molecule has 3 rings (SSSR count). The molecule has 2 aliphatic rings. The number of nitrogens with one attached hydrogen (secondary N) is 1. The fourth-order valence-corrected chi connectivity index (χ4v) is 4.96. The Labute approximate surface area is 176 Å². The normalized spacial score (nSPS) is 24.1. The van der Waals surface area contributed by atoms with Crippen molar-refractivity contribution in [3.05, 3.63) is 33.8 Å². The van der Waals surface area contributed by atoms with Crippen molar-refractivity contribution in [3.63, 3.8) is 0 Å². The number of ketones is 1. The molecule has 1 saturated carbocycles. The van der Waals surface area contributed by atoms with Gasteiger partial charge in [-0.25, -0.2) is 4.79 Å². The molecule has 2 fully saturated rings. The lowest BCUT2D eigenvalue weighted by Crippen LogP contribution is -2.39. The second kappa shape index (κ2) is 9.95. The van der Waals surface area contributed by atoms with Crippen molar-refractivity contribution in [1.82, 2.24) is 10.2 Å². The molecule has 0 unspecified atom stereocenters. The van der Waals surface area contributed by atoms with Crippen LogP contribution in [-0.2, 0) is 0 Å². The van der Waals surface area contributed by atoms with Crippen LogP contribution in [-0.4, -0.2) is 47.6 Å². The monoisotopic (exact) mass is 426 g/mol. The van der Waals surface area contributed by atoms with E-state index in [-0.39, 0.29) is 17.7 Å². The van der Waals surface area contributed by atoms with Gasteiger partial charge < -0.3 is 15.3 Å². The van der Waals surface area contributed by atoms with Crippen LogP contribution in [0.25, 0.3) is 0 Å². The molecule has 0 spiro atoms. The van der Waals surface area contributed by atoms with Crippen molar-refractivity contribution < 1.29 is 14.7 Å². The van der Waals surface area contributed by atoms with E-state index in [1.807, 2.05) is 0 Å². The Hall–Kier alpha value is -1.30. The van der Waals surface area contributed by atoms with E-state index < -0.39 is 6.09 Å². The molecule has 1 aromatic carbocycles. The molecule has 2 N–H and O–H groups in total. The molecule has 0 radical (unpaired) electrons. The highest BCUT2D eigenvalue weighted by atomic mass is 35.5. The topological polar surface area (TPSA) is 69.6 Å². The third-order valence-electron chi connectivity index (χ3n) is 6.18. The first-order valence-corrected chi connectivity index (χ1v) is 10.9. The molecule has 1 aliphatic heterocycles. The van der Waals surface area contributed by atoms with Crippen LogP contribution in [0, 0.1) is 11.8 Å². The van der Waals surface area contributed by atoms with Gasteiger partial charge in [0.15, 0.2) is 5.78 Å². The number of amides is 1. The lowest BCUT2D eigenvalue weighted by atomic mass is 9.83. The molecule has 1 aromatic rings. The van der Waals surface area contributed by atoms with E-state index in [2.05, 4.69) is 10.2 Å². The molecule has 7 heteroatoms. The summed E-state index contributed by atoms with van der Waals surface area (Å²) in [6.45, 7) is 2.94. The number of nitrogens with zero attached hydrogens (tertiary/aromatic N) is 1. The van der Waals surface area contributed by atoms with E-state index in [1.54, 1.807) is 18.2 Å². The average Bonchev–Trinajstić information content (AvgIpc) is 2.67. The van der Waals surface area contributed by atoms with Gasteiger partial charge in [-0.2, -0.15) is 0 Å². The van der Waals surface area contributed by atoms with Gasteiger partial charge in [-0.05, 0) is 88.7 Å². The number of carboxylic acid groups (broad SMARTS) is 1. The molecule has 1 saturated heterocycles. The van der Waals surface area contributed by atoms with E-state index in [0.717, 1.165) is 64.6 Å². The number of rotatable bonds is 6. The molecular formula is C21H28Cl2N2O3. The van der Waals surface area contributed by atoms with Crippen molar-refractivity contribution >= 4 is 35.1 Å². The van der Waals surface area contributed by atoms with Gasteiger partial charge in [-0.1, -0.05) is 23.2 Å². The Morgan fingerprint density at radius 1 is 1.07 bits per heavy atom. The van der Waals surface area contributed by atoms with E-state index in [9.17, 15) is 9.59 Å². The highest BCUT2D eigenvalue weighted by Gasteiger charge is 2.28. The first kappa shape index (κ1) is 21.4. The Morgan fingerprint density at radius 2 is 1.75 bits per heavy atom. The van der Waals surface area contributed by atoms with Crippen LogP contribution < -0.4 is 5.32 Å². The fraction of sp³-hybridized carbons (Fsp3) is 0.619. The minimum atomic E-state index is -0.916. The number of benzene rings is 1. The molecule has 154 valence electrons. The van der Waals surface area contributed by atoms with Crippen LogP contribution in [0.15, 0.2) is 18.2 Å². The number of carbonyl (C=O) groups is 2. The minimum absolute atomic E-state index is 0.0347. The quantitative estimate of drug-likeness (QED) is 0.620. The Morgan fingerprint density at radius 3 is 2.36 bits per heavy atom. The third kappa shape index (κ3) is 5.85. The first-order valence-electron chi connectivity index (χ1n) is 10.1. The lowest BCUT2D eigenvalue weighted by Gasteiger charge is -2.34. The van der Waals surface area contributed by atoms with Gasteiger partial charge in [0.25, 0.3) is 0 Å². The predicted molar refractivity (Wildman–Crippen MR) is 111 cm³/mol. The summed E-state index contributed by atoms with van der Waals surface area (Å²) in [6.07, 6.45) is 6.04. The number of hydrogen-bond acceptors (Lipinski definition) is 3. The zero-order valence-corrected chi connectivity index (χ0v) is 17.5. The molecule has 1 aliphatic carbocycles. The Bertz CT molecular complexity index is 697. The van der Waals surface area contributed by atoms with Gasteiger partial charge in [-0.15, -0.1) is 0 Å². The molecule has 1 amide bonds. The van der Waals surface area contributed by atoms with Gasteiger partial charge in [0, 0.05) is 22.5 Å². The number of likely N-dealkylation sites (tertiary alicyclic amines) is 1. The molecular weight excluding hydrogens is 399 g/mol. The zero-order valence-electron chi connectivity index (χ0n) is 16.0. The van der Waals surface area contributed by atoms with E-state index >= 15 is 0 Å². The molecule has 0 bridgehead atoms. The summed E-state index contributed by atoms with van der Waals surface area (Å²) >= 11 is 12.1. The maximum Gasteiger partial charge on any atom is 0.404 e. The second-order valence-corrected chi connectivity index (χ2v) is 8.90. The number of carbonyl (C=O) groups excluding carboxylic acids is 1. The smallest absolute Gasteiger partial charge is 0.404 e. The van der Waals surface area contributed by atoms with Crippen LogP contribution in [0.1, 0.15) is 55.3 Å². The highest BCUT2D eigenvalue weighted by Crippen LogP contribution is 2.30. The average molecular weight is 427 g/mol. The largest absolute Gasteiger partial charge is 0.465 e. The van der Waals surface area contributed by atoms with Crippen LogP contribution in [0.5, 0.6) is 0 Å². The van der Waals surface area contributed by atoms with Gasteiger partial charge >= 0.3 is 6.09 Å². The lowest BCUT2D eigenvalue weighted by molar-refractivity contribution is 0.0833. The first-order chi connectivity index (χ1) is 13.4. The van der Waals surface area contributed by atoms with Gasteiger partial charge in [0.1, 0.15) is 0 Å².